The summed E-state index contributed by atoms with van der Waals surface area (Å²) in [6.07, 6.45) is 2.67. The molecule has 0 N–H and O–H groups in total. The van der Waals surface area contributed by atoms with Crippen LogP contribution in [0.5, 0.6) is 11.5 Å². The fourth-order valence-corrected chi connectivity index (χ4v) is 1.79. The Labute approximate surface area is 106 Å². The molecule has 0 aliphatic carbocycles. The molecule has 1 aliphatic rings. The summed E-state index contributed by atoms with van der Waals surface area (Å²) in [6, 6.07) is 5.48. The molecular weight excluding hydrogens is 232 g/mol. The first kappa shape index (κ1) is 12.6. The molecule has 0 aromatic heterocycles. The van der Waals surface area contributed by atoms with Gasteiger partial charge < -0.3 is 14.2 Å². The van der Waals surface area contributed by atoms with Crippen molar-refractivity contribution in [3.05, 3.63) is 29.3 Å². The van der Waals surface area contributed by atoms with E-state index in [-0.39, 0.29) is 6.79 Å². The van der Waals surface area contributed by atoms with Crippen LogP contribution in [0.4, 0.5) is 0 Å². The van der Waals surface area contributed by atoms with E-state index in [1.807, 2.05) is 32.1 Å². The molecule has 4 nitrogen and oxygen atoms in total. The smallest absolute Gasteiger partial charge is 0.188 e. The standard InChI is InChI=1S/C14H16O4/c1-14(2)11(8-15)6-10-4-5-12(17-9-16-3)7-13(10)18-14/h4-8H,9H2,1-3H3. The molecule has 1 aliphatic heterocycles. The molecule has 0 amide bonds. The van der Waals surface area contributed by atoms with Gasteiger partial charge in [-0.2, -0.15) is 0 Å². The van der Waals surface area contributed by atoms with E-state index >= 15 is 0 Å². The molecule has 1 heterocycles. The Bertz CT molecular complexity index is 489. The number of hydrogen-bond acceptors (Lipinski definition) is 4. The van der Waals surface area contributed by atoms with Crippen molar-refractivity contribution < 1.29 is 19.0 Å². The Morgan fingerprint density at radius 2 is 2.17 bits per heavy atom. The summed E-state index contributed by atoms with van der Waals surface area (Å²) >= 11 is 0. The maximum Gasteiger partial charge on any atom is 0.188 e. The molecular formula is C14H16O4. The number of carbonyl (C=O) groups is 1. The average Bonchev–Trinajstić information content (AvgIpc) is 2.34. The molecule has 2 rings (SSSR count). The molecule has 4 heteroatoms. The summed E-state index contributed by atoms with van der Waals surface area (Å²) < 4.78 is 16.0. The van der Waals surface area contributed by atoms with E-state index in [9.17, 15) is 4.79 Å². The fraction of sp³-hybridized carbons (Fsp3) is 0.357. The second-order valence-corrected chi connectivity index (χ2v) is 4.58. The van der Waals surface area contributed by atoms with E-state index in [1.165, 1.54) is 0 Å². The number of benzene rings is 1. The summed E-state index contributed by atoms with van der Waals surface area (Å²) in [5.41, 5.74) is 0.885. The summed E-state index contributed by atoms with van der Waals surface area (Å²) in [5, 5.41) is 0. The van der Waals surface area contributed by atoms with Gasteiger partial charge >= 0.3 is 0 Å². The highest BCUT2D eigenvalue weighted by Gasteiger charge is 2.30. The lowest BCUT2D eigenvalue weighted by atomic mass is 9.93. The summed E-state index contributed by atoms with van der Waals surface area (Å²) in [7, 11) is 1.57. The molecule has 0 atom stereocenters. The third-order valence-electron chi connectivity index (χ3n) is 2.83. The van der Waals surface area contributed by atoms with Gasteiger partial charge in [-0.15, -0.1) is 0 Å². The monoisotopic (exact) mass is 248 g/mol. The zero-order valence-electron chi connectivity index (χ0n) is 10.7. The number of carbonyl (C=O) groups excluding carboxylic acids is 1. The minimum absolute atomic E-state index is 0.192. The van der Waals surface area contributed by atoms with Gasteiger partial charge in [0.15, 0.2) is 6.79 Å². The third-order valence-corrected chi connectivity index (χ3v) is 2.83. The maximum absolute atomic E-state index is 11.0. The largest absolute Gasteiger partial charge is 0.482 e. The van der Waals surface area contributed by atoms with Crippen LogP contribution in [0, 0.1) is 0 Å². The molecule has 0 unspecified atom stereocenters. The quantitative estimate of drug-likeness (QED) is 0.606. The van der Waals surface area contributed by atoms with Crippen LogP contribution in [-0.4, -0.2) is 25.8 Å². The van der Waals surface area contributed by atoms with Crippen molar-refractivity contribution in [3.8, 4) is 11.5 Å². The number of aldehydes is 1. The Hall–Kier alpha value is -1.81. The maximum atomic E-state index is 11.0. The number of hydrogen-bond donors (Lipinski definition) is 0. The van der Waals surface area contributed by atoms with Crippen molar-refractivity contribution in [3.63, 3.8) is 0 Å². The Morgan fingerprint density at radius 3 is 2.83 bits per heavy atom. The van der Waals surface area contributed by atoms with Crippen molar-refractivity contribution in [2.24, 2.45) is 0 Å². The highest BCUT2D eigenvalue weighted by Crippen LogP contribution is 2.36. The number of rotatable bonds is 4. The van der Waals surface area contributed by atoms with Gasteiger partial charge in [0.2, 0.25) is 0 Å². The summed E-state index contributed by atoms with van der Waals surface area (Å²) in [4.78, 5) is 11.0. The van der Waals surface area contributed by atoms with E-state index in [0.29, 0.717) is 17.1 Å². The van der Waals surface area contributed by atoms with Gasteiger partial charge in [-0.25, -0.2) is 0 Å². The SMILES string of the molecule is COCOc1ccc2c(c1)OC(C)(C)C(C=O)=C2. The predicted molar refractivity (Wildman–Crippen MR) is 67.7 cm³/mol. The predicted octanol–water partition coefficient (Wildman–Crippen LogP) is 2.42. The molecule has 18 heavy (non-hydrogen) atoms. The molecule has 96 valence electrons. The van der Waals surface area contributed by atoms with Crippen molar-refractivity contribution >= 4 is 12.4 Å². The normalized spacial score (nSPS) is 16.3. The van der Waals surface area contributed by atoms with Gasteiger partial charge in [0, 0.05) is 24.3 Å². The lowest BCUT2D eigenvalue weighted by molar-refractivity contribution is -0.106. The Morgan fingerprint density at radius 1 is 1.39 bits per heavy atom. The Kier molecular flexibility index (Phi) is 3.39. The lowest BCUT2D eigenvalue weighted by Crippen LogP contribution is -2.33. The number of methoxy groups -OCH3 is 1. The molecule has 0 saturated heterocycles. The molecule has 1 aromatic carbocycles. The van der Waals surface area contributed by atoms with E-state index < -0.39 is 5.60 Å². The second-order valence-electron chi connectivity index (χ2n) is 4.58. The van der Waals surface area contributed by atoms with Crippen LogP contribution in [0.1, 0.15) is 19.4 Å². The van der Waals surface area contributed by atoms with Crippen LogP contribution < -0.4 is 9.47 Å². The topological polar surface area (TPSA) is 44.8 Å². The number of fused-ring (bicyclic) bond motifs is 1. The van der Waals surface area contributed by atoms with Gasteiger partial charge in [0.05, 0.1) is 0 Å². The van der Waals surface area contributed by atoms with E-state index in [0.717, 1.165) is 11.8 Å². The van der Waals surface area contributed by atoms with Crippen LogP contribution >= 0.6 is 0 Å². The zero-order valence-corrected chi connectivity index (χ0v) is 10.7. The van der Waals surface area contributed by atoms with Gasteiger partial charge in [0.25, 0.3) is 0 Å². The fourth-order valence-electron chi connectivity index (χ4n) is 1.79. The minimum Gasteiger partial charge on any atom is -0.482 e. The van der Waals surface area contributed by atoms with Crippen molar-refractivity contribution in [1.29, 1.82) is 0 Å². The first-order valence-electron chi connectivity index (χ1n) is 5.69. The molecule has 0 fully saturated rings. The second kappa shape index (κ2) is 4.82. The number of ether oxygens (including phenoxy) is 3. The first-order chi connectivity index (χ1) is 8.56. The van der Waals surface area contributed by atoms with Crippen molar-refractivity contribution in [1.82, 2.24) is 0 Å². The molecule has 0 radical (unpaired) electrons. The van der Waals surface area contributed by atoms with E-state index in [2.05, 4.69) is 0 Å². The zero-order chi connectivity index (χ0) is 13.2. The molecule has 0 saturated carbocycles. The molecule has 0 bridgehead atoms. The first-order valence-corrected chi connectivity index (χ1v) is 5.69. The van der Waals surface area contributed by atoms with Crippen LogP contribution in [0.3, 0.4) is 0 Å². The van der Waals surface area contributed by atoms with Crippen LogP contribution in [0.15, 0.2) is 23.8 Å². The van der Waals surface area contributed by atoms with Gasteiger partial charge in [-0.05, 0) is 32.1 Å². The third kappa shape index (κ3) is 2.38. The highest BCUT2D eigenvalue weighted by atomic mass is 16.7. The Balaban J connectivity index is 2.33. The van der Waals surface area contributed by atoms with Crippen LogP contribution in [0.25, 0.3) is 6.08 Å². The van der Waals surface area contributed by atoms with Gasteiger partial charge in [0.1, 0.15) is 23.4 Å². The highest BCUT2D eigenvalue weighted by molar-refractivity contribution is 5.86. The minimum atomic E-state index is -0.616. The molecule has 1 aromatic rings. The lowest BCUT2D eigenvalue weighted by Gasteiger charge is -2.31. The van der Waals surface area contributed by atoms with Gasteiger partial charge in [-0.3, -0.25) is 4.79 Å². The van der Waals surface area contributed by atoms with Crippen LogP contribution in [-0.2, 0) is 9.53 Å². The van der Waals surface area contributed by atoms with Crippen molar-refractivity contribution in [2.45, 2.75) is 19.4 Å². The van der Waals surface area contributed by atoms with E-state index in [4.69, 9.17) is 14.2 Å². The average molecular weight is 248 g/mol. The van der Waals surface area contributed by atoms with E-state index in [1.54, 1.807) is 13.2 Å². The van der Waals surface area contributed by atoms with Crippen LogP contribution in [0.2, 0.25) is 0 Å². The summed E-state index contributed by atoms with van der Waals surface area (Å²) in [5.74, 6) is 1.38. The molecule has 0 spiro atoms. The van der Waals surface area contributed by atoms with Crippen molar-refractivity contribution in [2.75, 3.05) is 13.9 Å². The summed E-state index contributed by atoms with van der Waals surface area (Å²) in [6.45, 7) is 3.91. The van der Waals surface area contributed by atoms with Gasteiger partial charge in [-0.1, -0.05) is 0 Å².